The maximum atomic E-state index is 12.3. The monoisotopic (exact) mass is 341 g/mol. The summed E-state index contributed by atoms with van der Waals surface area (Å²) in [6, 6.07) is 9.30. The zero-order valence-corrected chi connectivity index (χ0v) is 14.4. The van der Waals surface area contributed by atoms with Crippen molar-refractivity contribution in [1.29, 1.82) is 0 Å². The molecule has 0 spiro atoms. The predicted molar refractivity (Wildman–Crippen MR) is 97.3 cm³/mol. The van der Waals surface area contributed by atoms with E-state index in [0.29, 0.717) is 24.8 Å². The fourth-order valence-corrected chi connectivity index (χ4v) is 2.95. The molecule has 1 aromatic carbocycles. The number of carbonyl (C=O) groups excluding carboxylic acids is 1. The van der Waals surface area contributed by atoms with Gasteiger partial charge in [-0.05, 0) is 48.9 Å². The standard InChI is InChI=1S/C19H23N3O3/c1-24-11-12-25-18-10-9-15(13-20-18)21-19(23)22-17-8-4-6-14-5-2-3-7-16(14)17/h4,6,8-10,13H,2-3,5,7,11-12H2,1H3,(H2,21,22,23). The lowest BCUT2D eigenvalue weighted by molar-refractivity contribution is 0.144. The van der Waals surface area contributed by atoms with E-state index in [2.05, 4.69) is 21.7 Å². The molecule has 1 aromatic heterocycles. The SMILES string of the molecule is COCCOc1ccc(NC(=O)Nc2cccc3c2CCCC3)cn1. The van der Waals surface area contributed by atoms with Crippen LogP contribution in [0.1, 0.15) is 24.0 Å². The van der Waals surface area contributed by atoms with Gasteiger partial charge in [0.2, 0.25) is 5.88 Å². The number of pyridine rings is 1. The maximum Gasteiger partial charge on any atom is 0.323 e. The van der Waals surface area contributed by atoms with Crippen molar-refractivity contribution >= 4 is 17.4 Å². The Morgan fingerprint density at radius 2 is 2.00 bits per heavy atom. The van der Waals surface area contributed by atoms with Crippen molar-refractivity contribution < 1.29 is 14.3 Å². The third-order valence-corrected chi connectivity index (χ3v) is 4.18. The van der Waals surface area contributed by atoms with Crippen LogP contribution in [-0.2, 0) is 17.6 Å². The molecule has 0 saturated carbocycles. The minimum atomic E-state index is -0.270. The molecule has 0 radical (unpaired) electrons. The zero-order valence-electron chi connectivity index (χ0n) is 14.4. The van der Waals surface area contributed by atoms with Crippen molar-refractivity contribution in [1.82, 2.24) is 4.98 Å². The van der Waals surface area contributed by atoms with Gasteiger partial charge in [0.25, 0.3) is 0 Å². The van der Waals surface area contributed by atoms with Gasteiger partial charge in [-0.15, -0.1) is 0 Å². The van der Waals surface area contributed by atoms with Gasteiger partial charge in [0.15, 0.2) is 0 Å². The highest BCUT2D eigenvalue weighted by Gasteiger charge is 2.14. The Balaban J connectivity index is 1.58. The Morgan fingerprint density at radius 1 is 1.12 bits per heavy atom. The van der Waals surface area contributed by atoms with Crippen LogP contribution in [0.2, 0.25) is 0 Å². The molecule has 0 aliphatic heterocycles. The van der Waals surface area contributed by atoms with Crippen LogP contribution in [0.25, 0.3) is 0 Å². The Labute approximate surface area is 147 Å². The number of anilines is 2. The third-order valence-electron chi connectivity index (χ3n) is 4.18. The zero-order chi connectivity index (χ0) is 17.5. The van der Waals surface area contributed by atoms with Crippen LogP contribution in [0.4, 0.5) is 16.2 Å². The minimum Gasteiger partial charge on any atom is -0.475 e. The van der Waals surface area contributed by atoms with Gasteiger partial charge in [-0.3, -0.25) is 0 Å². The van der Waals surface area contributed by atoms with Gasteiger partial charge < -0.3 is 20.1 Å². The van der Waals surface area contributed by atoms with Crippen molar-refractivity contribution in [3.05, 3.63) is 47.7 Å². The molecule has 2 aromatic rings. The Hall–Kier alpha value is -2.60. The van der Waals surface area contributed by atoms with Crippen LogP contribution in [0.15, 0.2) is 36.5 Å². The number of urea groups is 1. The fourth-order valence-electron chi connectivity index (χ4n) is 2.95. The average molecular weight is 341 g/mol. The molecule has 6 nitrogen and oxygen atoms in total. The number of ether oxygens (including phenoxy) is 2. The van der Waals surface area contributed by atoms with Gasteiger partial charge in [-0.1, -0.05) is 12.1 Å². The number of rotatable bonds is 6. The molecule has 0 fully saturated rings. The molecule has 6 heteroatoms. The average Bonchev–Trinajstić information content (AvgIpc) is 2.64. The van der Waals surface area contributed by atoms with E-state index in [1.54, 1.807) is 25.4 Å². The Morgan fingerprint density at radius 3 is 2.80 bits per heavy atom. The smallest absolute Gasteiger partial charge is 0.323 e. The molecule has 0 unspecified atom stereocenters. The highest BCUT2D eigenvalue weighted by Crippen LogP contribution is 2.27. The molecule has 0 bridgehead atoms. The van der Waals surface area contributed by atoms with Crippen LogP contribution in [0.3, 0.4) is 0 Å². The van der Waals surface area contributed by atoms with Crippen molar-refractivity contribution in [3.8, 4) is 5.88 Å². The third kappa shape index (κ3) is 4.70. The van der Waals surface area contributed by atoms with E-state index in [1.807, 2.05) is 12.1 Å². The molecule has 0 saturated heterocycles. The van der Waals surface area contributed by atoms with E-state index in [9.17, 15) is 4.79 Å². The maximum absolute atomic E-state index is 12.3. The van der Waals surface area contributed by atoms with Gasteiger partial charge >= 0.3 is 6.03 Å². The molecule has 132 valence electrons. The lowest BCUT2D eigenvalue weighted by Gasteiger charge is -2.19. The van der Waals surface area contributed by atoms with E-state index in [4.69, 9.17) is 9.47 Å². The normalized spacial score (nSPS) is 13.0. The molecule has 3 rings (SSSR count). The van der Waals surface area contributed by atoms with Crippen LogP contribution >= 0.6 is 0 Å². The van der Waals surface area contributed by atoms with Gasteiger partial charge in [-0.25, -0.2) is 9.78 Å². The first kappa shape index (κ1) is 17.2. The predicted octanol–water partition coefficient (Wildman–Crippen LogP) is 3.63. The lowest BCUT2D eigenvalue weighted by Crippen LogP contribution is -2.21. The van der Waals surface area contributed by atoms with Crippen LogP contribution in [0.5, 0.6) is 5.88 Å². The number of methoxy groups -OCH3 is 1. The Kier molecular flexibility index (Phi) is 5.85. The van der Waals surface area contributed by atoms with Crippen molar-refractivity contribution in [2.45, 2.75) is 25.7 Å². The molecule has 0 atom stereocenters. The number of nitrogens with zero attached hydrogens (tertiary/aromatic N) is 1. The number of amides is 2. The van der Waals surface area contributed by atoms with Crippen LogP contribution in [0, 0.1) is 0 Å². The summed E-state index contributed by atoms with van der Waals surface area (Å²) in [6.07, 6.45) is 6.05. The molecule has 25 heavy (non-hydrogen) atoms. The van der Waals surface area contributed by atoms with Gasteiger partial charge in [0.05, 0.1) is 18.5 Å². The molecule has 1 heterocycles. The van der Waals surface area contributed by atoms with Gasteiger partial charge in [0.1, 0.15) is 6.61 Å². The van der Waals surface area contributed by atoms with Crippen LogP contribution < -0.4 is 15.4 Å². The largest absolute Gasteiger partial charge is 0.475 e. The number of nitrogens with one attached hydrogen (secondary N) is 2. The summed E-state index contributed by atoms with van der Waals surface area (Å²) in [6.45, 7) is 0.946. The van der Waals surface area contributed by atoms with Crippen molar-refractivity contribution in [2.75, 3.05) is 31.0 Å². The molecular weight excluding hydrogens is 318 g/mol. The quantitative estimate of drug-likeness (QED) is 0.787. The van der Waals surface area contributed by atoms with Crippen LogP contribution in [-0.4, -0.2) is 31.3 Å². The molecule has 2 amide bonds. The second-order valence-corrected chi connectivity index (χ2v) is 5.96. The highest BCUT2D eigenvalue weighted by atomic mass is 16.5. The number of aryl methyl sites for hydroxylation is 1. The van der Waals surface area contributed by atoms with Gasteiger partial charge in [-0.2, -0.15) is 0 Å². The molecule has 1 aliphatic rings. The molecule has 1 aliphatic carbocycles. The summed E-state index contributed by atoms with van der Waals surface area (Å²) in [5, 5.41) is 5.75. The summed E-state index contributed by atoms with van der Waals surface area (Å²) in [4.78, 5) is 16.4. The summed E-state index contributed by atoms with van der Waals surface area (Å²) >= 11 is 0. The van der Waals surface area contributed by atoms with E-state index in [0.717, 1.165) is 18.5 Å². The fraction of sp³-hybridized carbons (Fsp3) is 0.368. The number of fused-ring (bicyclic) bond motifs is 1. The Bertz CT molecular complexity index is 716. The topological polar surface area (TPSA) is 72.5 Å². The van der Waals surface area contributed by atoms with E-state index < -0.39 is 0 Å². The number of hydrogen-bond acceptors (Lipinski definition) is 4. The second-order valence-electron chi connectivity index (χ2n) is 5.96. The first-order valence-electron chi connectivity index (χ1n) is 8.53. The van der Waals surface area contributed by atoms with Crippen molar-refractivity contribution in [2.24, 2.45) is 0 Å². The number of aromatic nitrogens is 1. The van der Waals surface area contributed by atoms with E-state index in [1.165, 1.54) is 24.0 Å². The van der Waals surface area contributed by atoms with E-state index in [-0.39, 0.29) is 6.03 Å². The second kappa shape index (κ2) is 8.48. The lowest BCUT2D eigenvalue weighted by atomic mass is 9.90. The molecule has 2 N–H and O–H groups in total. The first-order valence-corrected chi connectivity index (χ1v) is 8.53. The number of benzene rings is 1. The van der Waals surface area contributed by atoms with Gasteiger partial charge in [0, 0.05) is 18.9 Å². The summed E-state index contributed by atoms with van der Waals surface area (Å²) in [5.41, 5.74) is 4.09. The van der Waals surface area contributed by atoms with Crippen molar-refractivity contribution in [3.63, 3.8) is 0 Å². The first-order chi connectivity index (χ1) is 12.3. The number of carbonyl (C=O) groups is 1. The minimum absolute atomic E-state index is 0.270. The summed E-state index contributed by atoms with van der Waals surface area (Å²) in [7, 11) is 1.62. The highest BCUT2D eigenvalue weighted by molar-refractivity contribution is 6.00. The number of hydrogen-bond donors (Lipinski definition) is 2. The summed E-state index contributed by atoms with van der Waals surface area (Å²) in [5.74, 6) is 0.500. The summed E-state index contributed by atoms with van der Waals surface area (Å²) < 4.78 is 10.3. The van der Waals surface area contributed by atoms with E-state index >= 15 is 0 Å². The molecular formula is C19H23N3O3.